The molecule has 0 bridgehead atoms. The average Bonchev–Trinajstić information content (AvgIpc) is 2.76. The molecule has 0 aliphatic carbocycles. The van der Waals surface area contributed by atoms with Gasteiger partial charge in [0.2, 0.25) is 0 Å². The first-order valence-corrected chi connectivity index (χ1v) is 5.51. The Morgan fingerprint density at radius 3 is 2.53 bits per heavy atom. The van der Waals surface area contributed by atoms with E-state index in [2.05, 4.69) is 10.4 Å². The molecule has 0 atom stereocenters. The van der Waals surface area contributed by atoms with Crippen molar-refractivity contribution in [3.63, 3.8) is 0 Å². The number of rotatable bonds is 4. The van der Waals surface area contributed by atoms with Gasteiger partial charge in [-0.3, -0.25) is 4.79 Å². The summed E-state index contributed by atoms with van der Waals surface area (Å²) in [7, 11) is 1.76. The summed E-state index contributed by atoms with van der Waals surface area (Å²) in [5.74, 6) is 0.0937. The molecule has 0 unspecified atom stereocenters. The largest absolute Gasteiger partial charge is 0.313 e. The summed E-state index contributed by atoms with van der Waals surface area (Å²) in [5, 5.41) is 7.07. The lowest BCUT2D eigenvalue weighted by Gasteiger charge is -2.05. The molecule has 0 spiro atoms. The minimum Gasteiger partial charge on any atom is -0.313 e. The molecule has 0 radical (unpaired) electrons. The number of benzene rings is 1. The Balaban J connectivity index is 2.25. The Bertz CT molecular complexity index is 514. The van der Waals surface area contributed by atoms with E-state index in [1.165, 1.54) is 0 Å². The molecule has 1 heterocycles. The molecule has 2 rings (SSSR count). The van der Waals surface area contributed by atoms with Gasteiger partial charge in [-0.25, -0.2) is 4.68 Å². The lowest BCUT2D eigenvalue weighted by molar-refractivity contribution is 0.0993. The van der Waals surface area contributed by atoms with Crippen molar-refractivity contribution < 1.29 is 4.79 Å². The highest BCUT2D eigenvalue weighted by Crippen LogP contribution is 2.11. The highest BCUT2D eigenvalue weighted by molar-refractivity contribution is 5.97. The van der Waals surface area contributed by atoms with Crippen LogP contribution in [0.25, 0.3) is 5.69 Å². The molecule has 0 aliphatic heterocycles. The van der Waals surface area contributed by atoms with Crippen LogP contribution in [0.4, 0.5) is 0 Å². The number of hydrogen-bond acceptors (Lipinski definition) is 3. The second kappa shape index (κ2) is 4.93. The molecule has 0 amide bonds. The number of aromatic nitrogens is 2. The average molecular weight is 229 g/mol. The van der Waals surface area contributed by atoms with Crippen molar-refractivity contribution in [2.24, 2.45) is 0 Å². The quantitative estimate of drug-likeness (QED) is 0.810. The Morgan fingerprint density at radius 2 is 2.00 bits per heavy atom. The van der Waals surface area contributed by atoms with E-state index in [4.69, 9.17) is 0 Å². The summed E-state index contributed by atoms with van der Waals surface area (Å²) < 4.78 is 1.84. The zero-order chi connectivity index (χ0) is 12.3. The van der Waals surface area contributed by atoms with Crippen LogP contribution in [0.5, 0.6) is 0 Å². The number of likely N-dealkylation sites (N-methyl/N-ethyl adjacent to an activating group) is 1. The van der Waals surface area contributed by atoms with Crippen molar-refractivity contribution in [3.05, 3.63) is 47.8 Å². The molecular weight excluding hydrogens is 214 g/mol. The third-order valence-electron chi connectivity index (χ3n) is 2.60. The van der Waals surface area contributed by atoms with Crippen molar-refractivity contribution in [2.75, 3.05) is 13.6 Å². The molecule has 1 aromatic heterocycles. The molecule has 0 saturated carbocycles. The first-order valence-electron chi connectivity index (χ1n) is 5.51. The molecular formula is C13H15N3O. The van der Waals surface area contributed by atoms with Gasteiger partial charge in [0.1, 0.15) is 0 Å². The predicted molar refractivity (Wildman–Crippen MR) is 66.6 cm³/mol. The van der Waals surface area contributed by atoms with Crippen LogP contribution in [0, 0.1) is 6.92 Å². The van der Waals surface area contributed by atoms with Crippen molar-refractivity contribution in [3.8, 4) is 5.69 Å². The molecule has 2 aromatic rings. The molecule has 17 heavy (non-hydrogen) atoms. The van der Waals surface area contributed by atoms with Gasteiger partial charge in [0, 0.05) is 17.5 Å². The zero-order valence-electron chi connectivity index (χ0n) is 9.97. The minimum atomic E-state index is 0.0937. The third-order valence-corrected chi connectivity index (χ3v) is 2.60. The number of Topliss-reactive ketones (excluding diaryl/α,β-unsaturated/α-hetero) is 1. The van der Waals surface area contributed by atoms with Crippen LogP contribution in [0.15, 0.2) is 36.5 Å². The topological polar surface area (TPSA) is 46.9 Å². The second-order valence-corrected chi connectivity index (χ2v) is 3.88. The van der Waals surface area contributed by atoms with Crippen molar-refractivity contribution in [1.29, 1.82) is 0 Å². The predicted octanol–water partition coefficient (Wildman–Crippen LogP) is 1.58. The van der Waals surface area contributed by atoms with E-state index < -0.39 is 0 Å². The number of nitrogens with one attached hydrogen (secondary N) is 1. The lowest BCUT2D eigenvalue weighted by Crippen LogP contribution is -2.18. The number of carbonyl (C=O) groups excluding carboxylic acids is 1. The standard InChI is InChI=1S/C13H15N3O/c1-10-7-8-15-16(10)12-5-3-11(4-6-12)13(17)9-14-2/h3-8,14H,9H2,1-2H3. The normalized spacial score (nSPS) is 10.5. The summed E-state index contributed by atoms with van der Waals surface area (Å²) in [5.41, 5.74) is 2.75. The second-order valence-electron chi connectivity index (χ2n) is 3.88. The van der Waals surface area contributed by atoms with Crippen molar-refractivity contribution in [2.45, 2.75) is 6.92 Å². The number of nitrogens with zero attached hydrogens (tertiary/aromatic N) is 2. The molecule has 1 aromatic carbocycles. The third kappa shape index (κ3) is 2.42. The zero-order valence-corrected chi connectivity index (χ0v) is 9.97. The van der Waals surface area contributed by atoms with Gasteiger partial charge in [-0.05, 0) is 44.3 Å². The van der Waals surface area contributed by atoms with E-state index in [1.54, 1.807) is 13.2 Å². The molecule has 0 saturated heterocycles. The van der Waals surface area contributed by atoms with E-state index >= 15 is 0 Å². The van der Waals surface area contributed by atoms with Gasteiger partial charge in [0.15, 0.2) is 5.78 Å². The fourth-order valence-corrected chi connectivity index (χ4v) is 1.69. The maximum atomic E-state index is 11.6. The van der Waals surface area contributed by atoms with Crippen LogP contribution in [0.1, 0.15) is 16.1 Å². The summed E-state index contributed by atoms with van der Waals surface area (Å²) >= 11 is 0. The van der Waals surface area contributed by atoms with Gasteiger partial charge < -0.3 is 5.32 Å². The van der Waals surface area contributed by atoms with E-state index in [9.17, 15) is 4.79 Å². The number of carbonyl (C=O) groups is 1. The first kappa shape index (κ1) is 11.5. The molecule has 4 nitrogen and oxygen atoms in total. The summed E-state index contributed by atoms with van der Waals surface area (Å²) in [4.78, 5) is 11.6. The van der Waals surface area contributed by atoms with E-state index in [-0.39, 0.29) is 5.78 Å². The number of hydrogen-bond donors (Lipinski definition) is 1. The number of ketones is 1. The maximum absolute atomic E-state index is 11.6. The monoisotopic (exact) mass is 229 g/mol. The molecule has 4 heteroatoms. The van der Waals surface area contributed by atoms with Crippen LogP contribution in [0.2, 0.25) is 0 Å². The summed E-state index contributed by atoms with van der Waals surface area (Å²) in [6.45, 7) is 2.35. The highest BCUT2D eigenvalue weighted by Gasteiger charge is 2.05. The SMILES string of the molecule is CNCC(=O)c1ccc(-n2nccc2C)cc1. The smallest absolute Gasteiger partial charge is 0.176 e. The Kier molecular flexibility index (Phi) is 3.35. The van der Waals surface area contributed by atoms with E-state index in [1.807, 2.05) is 41.9 Å². The Morgan fingerprint density at radius 1 is 1.29 bits per heavy atom. The van der Waals surface area contributed by atoms with Crippen LogP contribution in [-0.2, 0) is 0 Å². The van der Waals surface area contributed by atoms with Crippen LogP contribution in [-0.4, -0.2) is 29.2 Å². The van der Waals surface area contributed by atoms with Gasteiger partial charge in [-0.15, -0.1) is 0 Å². The summed E-state index contributed by atoms with van der Waals surface area (Å²) in [6.07, 6.45) is 1.76. The van der Waals surface area contributed by atoms with Crippen molar-refractivity contribution in [1.82, 2.24) is 15.1 Å². The van der Waals surface area contributed by atoms with Crippen molar-refractivity contribution >= 4 is 5.78 Å². The fraction of sp³-hybridized carbons (Fsp3) is 0.231. The van der Waals surface area contributed by atoms with Gasteiger partial charge >= 0.3 is 0 Å². The molecule has 1 N–H and O–H groups in total. The van der Waals surface area contributed by atoms with Gasteiger partial charge in [0.05, 0.1) is 12.2 Å². The highest BCUT2D eigenvalue weighted by atomic mass is 16.1. The van der Waals surface area contributed by atoms with Crippen LogP contribution in [0.3, 0.4) is 0 Å². The molecule has 0 fully saturated rings. The minimum absolute atomic E-state index is 0.0937. The van der Waals surface area contributed by atoms with E-state index in [0.717, 1.165) is 11.4 Å². The fourth-order valence-electron chi connectivity index (χ4n) is 1.69. The van der Waals surface area contributed by atoms with E-state index in [0.29, 0.717) is 12.1 Å². The first-order chi connectivity index (χ1) is 8.22. The molecule has 88 valence electrons. The Labute approximate surface area is 100 Å². The summed E-state index contributed by atoms with van der Waals surface area (Å²) in [6, 6.07) is 9.41. The lowest BCUT2D eigenvalue weighted by atomic mass is 10.1. The molecule has 0 aliphatic rings. The van der Waals surface area contributed by atoms with Crippen LogP contribution < -0.4 is 5.32 Å². The maximum Gasteiger partial charge on any atom is 0.176 e. The van der Waals surface area contributed by atoms with Crippen LogP contribution >= 0.6 is 0 Å². The van der Waals surface area contributed by atoms with Gasteiger partial charge in [0.25, 0.3) is 0 Å². The number of aryl methyl sites for hydroxylation is 1. The Hall–Kier alpha value is -1.94. The van der Waals surface area contributed by atoms with Gasteiger partial charge in [-0.1, -0.05) is 0 Å². The van der Waals surface area contributed by atoms with Gasteiger partial charge in [-0.2, -0.15) is 5.10 Å².